The van der Waals surface area contributed by atoms with Crippen LogP contribution >= 0.6 is 0 Å². The number of carbonyl (C=O) groups excluding carboxylic acids is 1. The molecule has 25 heavy (non-hydrogen) atoms. The molecule has 3 rings (SSSR count). The van der Waals surface area contributed by atoms with Gasteiger partial charge in [0, 0.05) is 25.8 Å². The number of para-hydroxylation sites is 1. The van der Waals surface area contributed by atoms with E-state index in [1.165, 1.54) is 16.8 Å². The fourth-order valence-corrected chi connectivity index (χ4v) is 3.65. The highest BCUT2D eigenvalue weighted by molar-refractivity contribution is 5.84. The highest BCUT2D eigenvalue weighted by Gasteiger charge is 2.25. The van der Waals surface area contributed by atoms with Crippen molar-refractivity contribution in [1.82, 2.24) is 5.32 Å². The van der Waals surface area contributed by atoms with Gasteiger partial charge in [-0.2, -0.15) is 0 Å². The van der Waals surface area contributed by atoms with Gasteiger partial charge in [-0.15, -0.1) is 0 Å². The maximum Gasteiger partial charge on any atom is 0.227 e. The van der Waals surface area contributed by atoms with Gasteiger partial charge in [-0.25, -0.2) is 0 Å². The molecule has 0 saturated carbocycles. The largest absolute Gasteiger partial charge is 0.375 e. The topological polar surface area (TPSA) is 32.3 Å². The number of unbranched alkanes of at least 4 members (excludes halogenated alkanes) is 1. The monoisotopic (exact) mass is 336 g/mol. The van der Waals surface area contributed by atoms with Gasteiger partial charge in [-0.1, -0.05) is 42.5 Å². The van der Waals surface area contributed by atoms with E-state index in [9.17, 15) is 4.79 Å². The lowest BCUT2D eigenvalue weighted by atomic mass is 9.82. The summed E-state index contributed by atoms with van der Waals surface area (Å²) in [6.07, 6.45) is 5.27. The van der Waals surface area contributed by atoms with Gasteiger partial charge in [-0.3, -0.25) is 4.79 Å². The molecule has 1 unspecified atom stereocenters. The van der Waals surface area contributed by atoms with Gasteiger partial charge in [0.2, 0.25) is 5.91 Å². The van der Waals surface area contributed by atoms with Crippen LogP contribution in [0.15, 0.2) is 54.6 Å². The van der Waals surface area contributed by atoms with E-state index in [2.05, 4.69) is 59.7 Å². The number of rotatable bonds is 7. The molecule has 1 aliphatic carbocycles. The highest BCUT2D eigenvalue weighted by atomic mass is 16.1. The standard InChI is InChI=1S/C22H28N2O/c1-24(19-12-3-2-4-13-19)17-8-7-16-23-22(25)21-15-9-11-18-10-5-6-14-20(18)21/h2-6,10,12-14,21H,7-9,11,15-17H2,1H3,(H,23,25). The number of amides is 1. The molecule has 2 aromatic rings. The van der Waals surface area contributed by atoms with Crippen molar-refractivity contribution in [2.45, 2.75) is 38.0 Å². The first-order valence-electron chi connectivity index (χ1n) is 9.37. The second-order valence-corrected chi connectivity index (χ2v) is 6.90. The molecule has 0 aliphatic heterocycles. The van der Waals surface area contributed by atoms with Gasteiger partial charge in [0.25, 0.3) is 0 Å². The molecule has 2 aromatic carbocycles. The van der Waals surface area contributed by atoms with Gasteiger partial charge in [0.1, 0.15) is 0 Å². The molecule has 1 amide bonds. The molecular weight excluding hydrogens is 308 g/mol. The predicted molar refractivity (Wildman–Crippen MR) is 104 cm³/mol. The number of nitrogens with zero attached hydrogens (tertiary/aromatic N) is 1. The van der Waals surface area contributed by atoms with E-state index in [1.54, 1.807) is 0 Å². The van der Waals surface area contributed by atoms with E-state index in [0.717, 1.165) is 45.2 Å². The number of benzene rings is 2. The van der Waals surface area contributed by atoms with Crippen LogP contribution in [0, 0.1) is 0 Å². The normalized spacial score (nSPS) is 16.1. The summed E-state index contributed by atoms with van der Waals surface area (Å²) in [5, 5.41) is 3.15. The Kier molecular flexibility index (Phi) is 6.10. The van der Waals surface area contributed by atoms with E-state index < -0.39 is 0 Å². The number of fused-ring (bicyclic) bond motifs is 1. The lowest BCUT2D eigenvalue weighted by Crippen LogP contribution is -2.32. The Balaban J connectivity index is 1.40. The Labute approximate surface area is 151 Å². The molecule has 0 saturated heterocycles. The molecule has 0 radical (unpaired) electrons. The van der Waals surface area contributed by atoms with Gasteiger partial charge in [0.05, 0.1) is 5.92 Å². The summed E-state index contributed by atoms with van der Waals surface area (Å²) in [5.74, 6) is 0.237. The van der Waals surface area contributed by atoms with E-state index in [4.69, 9.17) is 0 Å². The number of hydrogen-bond acceptors (Lipinski definition) is 2. The average molecular weight is 336 g/mol. The summed E-state index contributed by atoms with van der Waals surface area (Å²) in [6.45, 7) is 1.77. The Bertz CT molecular complexity index is 683. The number of nitrogens with one attached hydrogen (secondary N) is 1. The minimum absolute atomic E-state index is 0.0388. The third-order valence-electron chi connectivity index (χ3n) is 5.10. The highest BCUT2D eigenvalue weighted by Crippen LogP contribution is 2.31. The Morgan fingerprint density at radius 3 is 2.68 bits per heavy atom. The van der Waals surface area contributed by atoms with E-state index in [0.29, 0.717) is 0 Å². The Morgan fingerprint density at radius 1 is 1.08 bits per heavy atom. The first-order valence-corrected chi connectivity index (χ1v) is 9.37. The van der Waals surface area contributed by atoms with Crippen molar-refractivity contribution in [1.29, 1.82) is 0 Å². The van der Waals surface area contributed by atoms with Gasteiger partial charge in [0.15, 0.2) is 0 Å². The van der Waals surface area contributed by atoms with Crippen molar-refractivity contribution in [3.05, 3.63) is 65.7 Å². The maximum absolute atomic E-state index is 12.6. The zero-order valence-electron chi connectivity index (χ0n) is 15.1. The van der Waals surface area contributed by atoms with Crippen molar-refractivity contribution >= 4 is 11.6 Å². The first kappa shape index (κ1) is 17.5. The minimum atomic E-state index is 0.0388. The van der Waals surface area contributed by atoms with Crippen molar-refractivity contribution in [2.75, 3.05) is 25.0 Å². The van der Waals surface area contributed by atoms with Crippen LogP contribution in [0.5, 0.6) is 0 Å². The van der Waals surface area contributed by atoms with Gasteiger partial charge in [-0.05, 0) is 55.4 Å². The fraction of sp³-hybridized carbons (Fsp3) is 0.409. The number of anilines is 1. The molecule has 0 bridgehead atoms. The maximum atomic E-state index is 12.6. The molecular formula is C22H28N2O. The number of carbonyl (C=O) groups is 1. The fourth-order valence-electron chi connectivity index (χ4n) is 3.65. The summed E-state index contributed by atoms with van der Waals surface area (Å²) in [7, 11) is 2.12. The molecule has 132 valence electrons. The van der Waals surface area contributed by atoms with Crippen LogP contribution in [0.2, 0.25) is 0 Å². The summed E-state index contributed by atoms with van der Waals surface area (Å²) in [4.78, 5) is 14.8. The van der Waals surface area contributed by atoms with Gasteiger partial charge < -0.3 is 10.2 Å². The second-order valence-electron chi connectivity index (χ2n) is 6.90. The number of aryl methyl sites for hydroxylation is 1. The van der Waals surface area contributed by atoms with E-state index in [1.807, 2.05) is 12.1 Å². The third-order valence-corrected chi connectivity index (χ3v) is 5.10. The summed E-state index contributed by atoms with van der Waals surface area (Å²) < 4.78 is 0. The lowest BCUT2D eigenvalue weighted by Gasteiger charge is -2.24. The molecule has 1 aliphatic rings. The molecule has 0 spiro atoms. The Hall–Kier alpha value is -2.29. The van der Waals surface area contributed by atoms with Crippen LogP contribution in [0.25, 0.3) is 0 Å². The van der Waals surface area contributed by atoms with Crippen LogP contribution in [0.4, 0.5) is 5.69 Å². The molecule has 1 atom stereocenters. The molecule has 3 nitrogen and oxygen atoms in total. The van der Waals surface area contributed by atoms with E-state index in [-0.39, 0.29) is 11.8 Å². The van der Waals surface area contributed by atoms with E-state index >= 15 is 0 Å². The van der Waals surface area contributed by atoms with Crippen molar-refractivity contribution < 1.29 is 4.79 Å². The number of hydrogen-bond donors (Lipinski definition) is 1. The second kappa shape index (κ2) is 8.70. The quantitative estimate of drug-likeness (QED) is 0.771. The first-order chi connectivity index (χ1) is 12.3. The molecule has 0 heterocycles. The lowest BCUT2D eigenvalue weighted by molar-refractivity contribution is -0.122. The molecule has 0 fully saturated rings. The summed E-state index contributed by atoms with van der Waals surface area (Å²) >= 11 is 0. The molecule has 3 heteroatoms. The SMILES string of the molecule is CN(CCCCNC(=O)C1CCCc2ccccc21)c1ccccc1. The minimum Gasteiger partial charge on any atom is -0.375 e. The van der Waals surface area contributed by atoms with Crippen molar-refractivity contribution in [3.63, 3.8) is 0 Å². The van der Waals surface area contributed by atoms with Crippen LogP contribution in [-0.4, -0.2) is 26.0 Å². The smallest absolute Gasteiger partial charge is 0.227 e. The summed E-state index contributed by atoms with van der Waals surface area (Å²) in [6, 6.07) is 18.8. The van der Waals surface area contributed by atoms with Crippen LogP contribution in [0.1, 0.15) is 42.7 Å². The van der Waals surface area contributed by atoms with Crippen LogP contribution < -0.4 is 10.2 Å². The third kappa shape index (κ3) is 4.62. The Morgan fingerprint density at radius 2 is 1.84 bits per heavy atom. The zero-order valence-corrected chi connectivity index (χ0v) is 15.1. The molecule has 0 aromatic heterocycles. The average Bonchev–Trinajstić information content (AvgIpc) is 2.67. The van der Waals surface area contributed by atoms with Crippen molar-refractivity contribution in [2.24, 2.45) is 0 Å². The van der Waals surface area contributed by atoms with Crippen LogP contribution in [0.3, 0.4) is 0 Å². The summed E-state index contributed by atoms with van der Waals surface area (Å²) in [5.41, 5.74) is 3.82. The van der Waals surface area contributed by atoms with Crippen LogP contribution in [-0.2, 0) is 11.2 Å². The van der Waals surface area contributed by atoms with Crippen molar-refractivity contribution in [3.8, 4) is 0 Å². The predicted octanol–water partition coefficient (Wildman–Crippen LogP) is 4.14. The zero-order chi connectivity index (χ0) is 17.5. The molecule has 1 N–H and O–H groups in total. The van der Waals surface area contributed by atoms with Gasteiger partial charge >= 0.3 is 0 Å².